The van der Waals surface area contributed by atoms with Crippen molar-refractivity contribution in [2.45, 2.75) is 17.9 Å². The summed E-state index contributed by atoms with van der Waals surface area (Å²) in [7, 11) is 0. The summed E-state index contributed by atoms with van der Waals surface area (Å²) in [6.45, 7) is 2.07. The molecule has 0 saturated heterocycles. The number of benzene rings is 1. The Morgan fingerprint density at radius 3 is 3.14 bits per heavy atom. The number of nitriles is 1. The molecule has 0 saturated carbocycles. The van der Waals surface area contributed by atoms with Crippen LogP contribution in [0, 0.1) is 18.3 Å². The molecule has 1 aliphatic rings. The van der Waals surface area contributed by atoms with Gasteiger partial charge in [0.25, 0.3) is 0 Å². The van der Waals surface area contributed by atoms with Crippen LogP contribution in [0.3, 0.4) is 0 Å². The van der Waals surface area contributed by atoms with Crippen LogP contribution in [0.5, 0.6) is 0 Å². The predicted octanol–water partition coefficient (Wildman–Crippen LogP) is 3.17. The molecule has 0 spiro atoms. The Balaban J connectivity index is 2.43. The highest BCUT2D eigenvalue weighted by Gasteiger charge is 2.19. The molecule has 1 aromatic carbocycles. The number of hydrogen-bond acceptors (Lipinski definition) is 3. The van der Waals surface area contributed by atoms with E-state index in [9.17, 15) is 0 Å². The van der Waals surface area contributed by atoms with Crippen molar-refractivity contribution < 1.29 is 0 Å². The minimum absolute atomic E-state index is 0.0773. The summed E-state index contributed by atoms with van der Waals surface area (Å²) < 4.78 is 1.04. The molecule has 1 atom stereocenters. The number of fused-ring (bicyclic) bond motifs is 1. The number of halogens is 1. The van der Waals surface area contributed by atoms with Crippen molar-refractivity contribution in [1.82, 2.24) is 0 Å². The smallest absolute Gasteiger partial charge is 0.124 e. The van der Waals surface area contributed by atoms with E-state index in [-0.39, 0.29) is 6.04 Å². The Morgan fingerprint density at radius 2 is 2.43 bits per heavy atom. The van der Waals surface area contributed by atoms with Crippen LogP contribution in [-0.4, -0.2) is 11.8 Å². The van der Waals surface area contributed by atoms with E-state index in [1.54, 1.807) is 11.8 Å². The maximum atomic E-state index is 8.82. The van der Waals surface area contributed by atoms with Gasteiger partial charge >= 0.3 is 0 Å². The summed E-state index contributed by atoms with van der Waals surface area (Å²) in [4.78, 5) is 1.23. The molecule has 4 heteroatoms. The number of hydrogen-bond donors (Lipinski definition) is 1. The first-order valence-electron chi connectivity index (χ1n) is 4.30. The fraction of sp³-hybridized carbons (Fsp3) is 0.300. The molecular formula is C10H9BrN2S. The Labute approximate surface area is 95.8 Å². The van der Waals surface area contributed by atoms with Crippen LogP contribution in [0.25, 0.3) is 0 Å². The Bertz CT molecular complexity index is 411. The van der Waals surface area contributed by atoms with Gasteiger partial charge in [-0.05, 0) is 40.5 Å². The highest BCUT2D eigenvalue weighted by Crippen LogP contribution is 2.39. The van der Waals surface area contributed by atoms with E-state index < -0.39 is 0 Å². The third-order valence-electron chi connectivity index (χ3n) is 2.08. The van der Waals surface area contributed by atoms with Crippen LogP contribution < -0.4 is 5.32 Å². The lowest BCUT2D eigenvalue weighted by Gasteiger charge is -2.23. The zero-order valence-electron chi connectivity index (χ0n) is 7.67. The van der Waals surface area contributed by atoms with E-state index in [0.29, 0.717) is 0 Å². The van der Waals surface area contributed by atoms with Gasteiger partial charge in [0, 0.05) is 15.1 Å². The minimum atomic E-state index is -0.0773. The summed E-state index contributed by atoms with van der Waals surface area (Å²) >= 11 is 5.24. The van der Waals surface area contributed by atoms with Gasteiger partial charge in [0.1, 0.15) is 6.04 Å². The Morgan fingerprint density at radius 1 is 1.64 bits per heavy atom. The molecular weight excluding hydrogens is 260 g/mol. The molecule has 0 aromatic heterocycles. The van der Waals surface area contributed by atoms with Crippen LogP contribution in [-0.2, 0) is 0 Å². The van der Waals surface area contributed by atoms with E-state index in [1.165, 1.54) is 10.5 Å². The standard InChI is InChI=1S/C10H9BrN2S/c1-6-2-8(11)10-9(3-6)14-5-7(4-12)13-10/h2-3,7,13H,5H2,1H3. The lowest BCUT2D eigenvalue weighted by Crippen LogP contribution is -2.24. The maximum Gasteiger partial charge on any atom is 0.124 e. The van der Waals surface area contributed by atoms with Gasteiger partial charge in [0.15, 0.2) is 0 Å². The number of anilines is 1. The van der Waals surface area contributed by atoms with E-state index >= 15 is 0 Å². The lowest BCUT2D eigenvalue weighted by atomic mass is 10.2. The molecule has 72 valence electrons. The summed E-state index contributed by atoms with van der Waals surface area (Å²) in [6, 6.07) is 6.36. The van der Waals surface area contributed by atoms with Crippen molar-refractivity contribution >= 4 is 33.4 Å². The van der Waals surface area contributed by atoms with Gasteiger partial charge in [-0.15, -0.1) is 11.8 Å². The highest BCUT2D eigenvalue weighted by molar-refractivity contribution is 9.10. The second-order valence-electron chi connectivity index (χ2n) is 3.26. The topological polar surface area (TPSA) is 35.8 Å². The van der Waals surface area contributed by atoms with Gasteiger partial charge in [-0.25, -0.2) is 0 Å². The second-order valence-corrected chi connectivity index (χ2v) is 5.17. The normalized spacial score (nSPS) is 19.4. The van der Waals surface area contributed by atoms with Crippen molar-refractivity contribution in [3.8, 4) is 6.07 Å². The first-order valence-corrected chi connectivity index (χ1v) is 6.07. The summed E-state index contributed by atoms with van der Waals surface area (Å²) in [5, 5.41) is 12.0. The number of nitrogens with zero attached hydrogens (tertiary/aromatic N) is 1. The summed E-state index contributed by atoms with van der Waals surface area (Å²) in [5.41, 5.74) is 2.29. The minimum Gasteiger partial charge on any atom is -0.367 e. The third kappa shape index (κ3) is 1.75. The van der Waals surface area contributed by atoms with E-state index in [2.05, 4.69) is 46.4 Å². The molecule has 1 aromatic rings. The first-order chi connectivity index (χ1) is 6.70. The monoisotopic (exact) mass is 268 g/mol. The molecule has 2 rings (SSSR count). The molecule has 0 fully saturated rings. The molecule has 0 radical (unpaired) electrons. The molecule has 1 N–H and O–H groups in total. The average molecular weight is 269 g/mol. The Hall–Kier alpha value is -0.660. The quantitative estimate of drug-likeness (QED) is 0.785. The molecule has 0 amide bonds. The van der Waals surface area contributed by atoms with Crippen molar-refractivity contribution in [1.29, 1.82) is 5.26 Å². The van der Waals surface area contributed by atoms with Gasteiger partial charge in [0.05, 0.1) is 11.8 Å². The van der Waals surface area contributed by atoms with Crippen LogP contribution in [0.1, 0.15) is 5.56 Å². The molecule has 1 unspecified atom stereocenters. The van der Waals surface area contributed by atoms with Crippen molar-refractivity contribution in [2.24, 2.45) is 0 Å². The van der Waals surface area contributed by atoms with Crippen LogP contribution in [0.15, 0.2) is 21.5 Å². The largest absolute Gasteiger partial charge is 0.367 e. The van der Waals surface area contributed by atoms with Crippen molar-refractivity contribution in [2.75, 3.05) is 11.1 Å². The van der Waals surface area contributed by atoms with Crippen LogP contribution in [0.2, 0.25) is 0 Å². The van der Waals surface area contributed by atoms with E-state index in [1.807, 2.05) is 0 Å². The SMILES string of the molecule is Cc1cc(Br)c2c(c1)SCC(C#N)N2. The fourth-order valence-electron chi connectivity index (χ4n) is 1.42. The van der Waals surface area contributed by atoms with E-state index in [4.69, 9.17) is 5.26 Å². The van der Waals surface area contributed by atoms with Gasteiger partial charge in [-0.3, -0.25) is 0 Å². The van der Waals surface area contributed by atoms with Gasteiger partial charge in [-0.1, -0.05) is 0 Å². The van der Waals surface area contributed by atoms with Crippen LogP contribution in [0.4, 0.5) is 5.69 Å². The van der Waals surface area contributed by atoms with Crippen molar-refractivity contribution in [3.63, 3.8) is 0 Å². The Kier molecular flexibility index (Phi) is 2.71. The molecule has 0 aliphatic carbocycles. The number of thioether (sulfide) groups is 1. The maximum absolute atomic E-state index is 8.82. The van der Waals surface area contributed by atoms with E-state index in [0.717, 1.165) is 15.9 Å². The second kappa shape index (κ2) is 3.84. The average Bonchev–Trinajstić information content (AvgIpc) is 2.17. The molecule has 14 heavy (non-hydrogen) atoms. The van der Waals surface area contributed by atoms with Crippen LogP contribution >= 0.6 is 27.7 Å². The molecule has 1 heterocycles. The number of aryl methyl sites for hydroxylation is 1. The zero-order chi connectivity index (χ0) is 10.1. The number of rotatable bonds is 0. The van der Waals surface area contributed by atoms with Crippen molar-refractivity contribution in [3.05, 3.63) is 22.2 Å². The molecule has 2 nitrogen and oxygen atoms in total. The molecule has 0 bridgehead atoms. The zero-order valence-corrected chi connectivity index (χ0v) is 10.1. The lowest BCUT2D eigenvalue weighted by molar-refractivity contribution is 0.993. The highest BCUT2D eigenvalue weighted by atomic mass is 79.9. The fourth-order valence-corrected chi connectivity index (χ4v) is 3.33. The summed E-state index contributed by atoms with van der Waals surface area (Å²) in [6.07, 6.45) is 0. The van der Waals surface area contributed by atoms with Gasteiger partial charge < -0.3 is 5.32 Å². The predicted molar refractivity (Wildman–Crippen MR) is 62.6 cm³/mol. The number of nitrogens with one attached hydrogen (secondary N) is 1. The third-order valence-corrected chi connectivity index (χ3v) is 3.84. The summed E-state index contributed by atoms with van der Waals surface area (Å²) in [5.74, 6) is 0.819. The van der Waals surface area contributed by atoms with Gasteiger partial charge in [0.2, 0.25) is 0 Å². The molecule has 1 aliphatic heterocycles. The first kappa shape index (κ1) is 9.88. The van der Waals surface area contributed by atoms with Gasteiger partial charge in [-0.2, -0.15) is 5.26 Å².